The summed E-state index contributed by atoms with van der Waals surface area (Å²) in [6.45, 7) is 1.46. The van der Waals surface area contributed by atoms with Crippen LogP contribution in [0.4, 0.5) is 11.4 Å². The molecule has 2 aromatic heterocycles. The van der Waals surface area contributed by atoms with E-state index in [0.29, 0.717) is 10.0 Å². The lowest BCUT2D eigenvalue weighted by atomic mass is 10.0. The molecule has 0 saturated carbocycles. The number of rotatable bonds is 5. The van der Waals surface area contributed by atoms with Gasteiger partial charge in [0.1, 0.15) is 0 Å². The highest BCUT2D eigenvalue weighted by Gasteiger charge is 2.14. The molecule has 38 heavy (non-hydrogen) atoms. The van der Waals surface area contributed by atoms with E-state index in [1.165, 1.54) is 22.3 Å². The fourth-order valence-electron chi connectivity index (χ4n) is 4.93. The predicted octanol–water partition coefficient (Wildman–Crippen LogP) is 6.80. The summed E-state index contributed by atoms with van der Waals surface area (Å²) in [6.07, 6.45) is 4.02. The van der Waals surface area contributed by atoms with Crippen LogP contribution in [0.1, 0.15) is 11.1 Å². The topological polar surface area (TPSA) is 59.8 Å². The molecule has 0 amide bonds. The zero-order valence-electron chi connectivity index (χ0n) is 20.6. The standard InChI is InChI=1S/C32H24Cl2N4/c33-25-9-11-27-29(35)13-15-37(31(27)17-25)19-21-1-5-23(6-2-21)24-7-3-22(4-8-24)20-38-16-14-30(36)28-12-10-26(34)18-32(28)38/h1-18,35-36H,19-20H2/p+2. The first kappa shape index (κ1) is 24.2. The number of nitrogens with two attached hydrogens (primary N) is 2. The number of benzene rings is 4. The molecule has 4 N–H and O–H groups in total. The largest absolute Gasteiger partial charge is 0.398 e. The average molecular weight is 537 g/mol. The van der Waals surface area contributed by atoms with Crippen molar-refractivity contribution in [1.82, 2.24) is 0 Å². The summed E-state index contributed by atoms with van der Waals surface area (Å²) < 4.78 is 4.35. The first-order valence-electron chi connectivity index (χ1n) is 12.4. The molecular formula is C32H26Cl2N4+2. The second-order valence-corrected chi connectivity index (χ2v) is 10.4. The van der Waals surface area contributed by atoms with E-state index >= 15 is 0 Å². The molecular weight excluding hydrogens is 511 g/mol. The van der Waals surface area contributed by atoms with E-state index in [4.69, 9.17) is 34.7 Å². The van der Waals surface area contributed by atoms with E-state index < -0.39 is 0 Å². The molecule has 0 bridgehead atoms. The van der Waals surface area contributed by atoms with Crippen LogP contribution in [0.5, 0.6) is 0 Å². The van der Waals surface area contributed by atoms with Crippen LogP contribution in [-0.2, 0) is 13.1 Å². The van der Waals surface area contributed by atoms with Crippen LogP contribution in [0.3, 0.4) is 0 Å². The molecule has 0 saturated heterocycles. The van der Waals surface area contributed by atoms with Crippen molar-refractivity contribution >= 4 is 56.4 Å². The molecule has 0 radical (unpaired) electrons. The number of hydrogen-bond donors (Lipinski definition) is 2. The van der Waals surface area contributed by atoms with Gasteiger partial charge < -0.3 is 11.5 Å². The number of aromatic nitrogens is 2. The number of anilines is 2. The zero-order valence-corrected chi connectivity index (χ0v) is 22.1. The summed E-state index contributed by atoms with van der Waals surface area (Å²) >= 11 is 12.5. The van der Waals surface area contributed by atoms with Crippen molar-refractivity contribution in [3.8, 4) is 11.1 Å². The Kier molecular flexibility index (Phi) is 6.36. The molecule has 0 aliphatic rings. The molecule has 0 fully saturated rings. The minimum absolute atomic E-state index is 0.697. The first-order chi connectivity index (χ1) is 18.4. The zero-order chi connectivity index (χ0) is 26.2. The van der Waals surface area contributed by atoms with Crippen molar-refractivity contribution in [2.24, 2.45) is 0 Å². The van der Waals surface area contributed by atoms with E-state index in [0.717, 1.165) is 46.3 Å². The van der Waals surface area contributed by atoms with Crippen molar-refractivity contribution in [3.63, 3.8) is 0 Å². The van der Waals surface area contributed by atoms with E-state index in [9.17, 15) is 0 Å². The minimum Gasteiger partial charge on any atom is -0.398 e. The summed E-state index contributed by atoms with van der Waals surface area (Å²) in [7, 11) is 0. The normalized spacial score (nSPS) is 11.3. The third-order valence-corrected chi connectivity index (χ3v) is 7.45. The lowest BCUT2D eigenvalue weighted by molar-refractivity contribution is -0.662. The number of halogens is 2. The molecule has 6 rings (SSSR count). The molecule has 4 aromatic carbocycles. The van der Waals surface area contributed by atoms with Crippen LogP contribution in [0.2, 0.25) is 10.0 Å². The van der Waals surface area contributed by atoms with Gasteiger partial charge in [-0.25, -0.2) is 0 Å². The number of hydrogen-bond acceptors (Lipinski definition) is 2. The van der Waals surface area contributed by atoms with E-state index in [1.54, 1.807) is 0 Å². The Balaban J connectivity index is 1.21. The highest BCUT2D eigenvalue weighted by atomic mass is 35.5. The summed E-state index contributed by atoms with van der Waals surface area (Å²) in [6, 6.07) is 32.8. The summed E-state index contributed by atoms with van der Waals surface area (Å²) in [4.78, 5) is 0. The third kappa shape index (κ3) is 4.76. The van der Waals surface area contributed by atoms with Gasteiger partial charge in [0.05, 0.1) is 22.1 Å². The Morgan fingerprint density at radius 2 is 0.895 bits per heavy atom. The number of nitrogen functional groups attached to an aromatic ring is 2. The maximum absolute atomic E-state index is 6.26. The molecule has 0 atom stereocenters. The fourth-order valence-corrected chi connectivity index (χ4v) is 5.26. The molecule has 0 unspecified atom stereocenters. The van der Waals surface area contributed by atoms with Gasteiger partial charge in [-0.2, -0.15) is 9.13 Å². The maximum atomic E-state index is 6.26. The molecule has 2 heterocycles. The lowest BCUT2D eigenvalue weighted by Gasteiger charge is -2.07. The van der Waals surface area contributed by atoms with Crippen LogP contribution in [0.25, 0.3) is 32.9 Å². The number of fused-ring (bicyclic) bond motifs is 2. The molecule has 0 spiro atoms. The van der Waals surface area contributed by atoms with Gasteiger partial charge in [0, 0.05) is 45.4 Å². The Bertz CT molecular complexity index is 1660. The fraction of sp³-hybridized carbons (Fsp3) is 0.0625. The first-order valence-corrected chi connectivity index (χ1v) is 13.1. The summed E-state index contributed by atoms with van der Waals surface area (Å²) in [5.41, 5.74) is 20.6. The van der Waals surface area contributed by atoms with Gasteiger partial charge in [-0.1, -0.05) is 71.7 Å². The van der Waals surface area contributed by atoms with Crippen LogP contribution in [0, 0.1) is 0 Å². The molecule has 6 aromatic rings. The van der Waals surface area contributed by atoms with Crippen LogP contribution < -0.4 is 20.6 Å². The highest BCUT2D eigenvalue weighted by Crippen LogP contribution is 2.24. The second-order valence-electron chi connectivity index (χ2n) is 9.51. The van der Waals surface area contributed by atoms with Gasteiger partial charge in [0.2, 0.25) is 11.0 Å². The van der Waals surface area contributed by atoms with Gasteiger partial charge in [-0.3, -0.25) is 0 Å². The predicted molar refractivity (Wildman–Crippen MR) is 157 cm³/mol. The van der Waals surface area contributed by atoms with Crippen molar-refractivity contribution in [1.29, 1.82) is 0 Å². The van der Waals surface area contributed by atoms with Crippen molar-refractivity contribution in [2.75, 3.05) is 11.5 Å². The average Bonchev–Trinajstić information content (AvgIpc) is 2.93. The number of pyridine rings is 2. The Morgan fingerprint density at radius 3 is 1.29 bits per heavy atom. The smallest absolute Gasteiger partial charge is 0.216 e. The molecule has 0 aliphatic heterocycles. The van der Waals surface area contributed by atoms with Crippen molar-refractivity contribution < 1.29 is 9.13 Å². The Morgan fingerprint density at radius 1 is 0.500 bits per heavy atom. The molecule has 4 nitrogen and oxygen atoms in total. The molecule has 0 aliphatic carbocycles. The van der Waals surface area contributed by atoms with Gasteiger partial charge in [-0.05, 0) is 35.4 Å². The van der Waals surface area contributed by atoms with Crippen LogP contribution >= 0.6 is 23.2 Å². The Hall–Kier alpha value is -4.12. The third-order valence-electron chi connectivity index (χ3n) is 6.98. The Labute approximate surface area is 231 Å². The highest BCUT2D eigenvalue weighted by molar-refractivity contribution is 6.31. The van der Waals surface area contributed by atoms with Gasteiger partial charge >= 0.3 is 0 Å². The van der Waals surface area contributed by atoms with Crippen molar-refractivity contribution in [3.05, 3.63) is 131 Å². The van der Waals surface area contributed by atoms with Crippen LogP contribution in [-0.4, -0.2) is 0 Å². The quantitative estimate of drug-likeness (QED) is 0.238. The van der Waals surface area contributed by atoms with E-state index in [-0.39, 0.29) is 0 Å². The summed E-state index contributed by atoms with van der Waals surface area (Å²) in [5, 5.41) is 3.40. The van der Waals surface area contributed by atoms with E-state index in [2.05, 4.69) is 57.7 Å². The minimum atomic E-state index is 0.697. The second kappa shape index (κ2) is 9.97. The maximum Gasteiger partial charge on any atom is 0.216 e. The molecule has 6 heteroatoms. The SMILES string of the molecule is Nc1cc[n+](Cc2ccc(-c3ccc(C[n+]4ccc(N)c5ccc(Cl)cc54)cc3)cc2)c2cc(Cl)ccc12. The monoisotopic (exact) mass is 536 g/mol. The van der Waals surface area contributed by atoms with Crippen molar-refractivity contribution in [2.45, 2.75) is 13.1 Å². The molecule has 186 valence electrons. The van der Waals surface area contributed by atoms with Crippen LogP contribution in [0.15, 0.2) is 109 Å². The lowest BCUT2D eigenvalue weighted by Crippen LogP contribution is -2.35. The summed E-state index contributed by atoms with van der Waals surface area (Å²) in [5.74, 6) is 0. The van der Waals surface area contributed by atoms with Gasteiger partial charge in [0.15, 0.2) is 25.5 Å². The number of nitrogens with zero attached hydrogens (tertiary/aromatic N) is 2. The van der Waals surface area contributed by atoms with Gasteiger partial charge in [-0.15, -0.1) is 0 Å². The van der Waals surface area contributed by atoms with E-state index in [1.807, 2.05) is 60.9 Å². The van der Waals surface area contributed by atoms with Gasteiger partial charge in [0.25, 0.3) is 0 Å².